The predicted octanol–water partition coefficient (Wildman–Crippen LogP) is 4.12. The maximum atomic E-state index is 11.4. The number of nitrogens with zero attached hydrogens (tertiary/aromatic N) is 1. The van der Waals surface area contributed by atoms with Crippen molar-refractivity contribution in [2.45, 2.75) is 0 Å². The second kappa shape index (κ2) is 6.86. The van der Waals surface area contributed by atoms with Crippen molar-refractivity contribution in [2.75, 3.05) is 20.3 Å². The lowest BCUT2D eigenvalue weighted by Crippen LogP contribution is -2.07. The second-order valence-corrected chi connectivity index (χ2v) is 5.34. The number of rotatable bonds is 6. The van der Waals surface area contributed by atoms with Crippen LogP contribution in [0.5, 0.6) is 5.75 Å². The molecule has 0 fully saturated rings. The van der Waals surface area contributed by atoms with E-state index < -0.39 is 0 Å². The molecule has 0 N–H and O–H groups in total. The summed E-state index contributed by atoms with van der Waals surface area (Å²) in [5, 5.41) is 1.20. The van der Waals surface area contributed by atoms with Crippen molar-refractivity contribution in [3.05, 3.63) is 59.2 Å². The Balaban J connectivity index is 2.18. The van der Waals surface area contributed by atoms with Gasteiger partial charge in [-0.05, 0) is 18.2 Å². The number of fused-ring (bicyclic) bond motifs is 1. The van der Waals surface area contributed by atoms with E-state index in [1.165, 1.54) is 0 Å². The molecule has 0 bridgehead atoms. The summed E-state index contributed by atoms with van der Waals surface area (Å²) in [4.78, 5) is 11.4. The van der Waals surface area contributed by atoms with Crippen LogP contribution in [0.2, 0.25) is 5.15 Å². The van der Waals surface area contributed by atoms with Crippen molar-refractivity contribution in [3.63, 3.8) is 0 Å². The van der Waals surface area contributed by atoms with Crippen LogP contribution in [-0.2, 0) is 4.74 Å². The van der Waals surface area contributed by atoms with Gasteiger partial charge in [-0.1, -0.05) is 41.9 Å². The minimum Gasteiger partial charge on any atom is -0.489 e. The molecule has 0 atom stereocenters. The van der Waals surface area contributed by atoms with E-state index in [1.807, 2.05) is 53.1 Å². The minimum atomic E-state index is 0.379. The molecule has 1 heterocycles. The molecule has 118 valence electrons. The van der Waals surface area contributed by atoms with Gasteiger partial charge < -0.3 is 9.47 Å². The molecule has 3 aromatic rings. The molecule has 0 radical (unpaired) electrons. The highest BCUT2D eigenvalue weighted by molar-refractivity contribution is 6.34. The lowest BCUT2D eigenvalue weighted by molar-refractivity contribution is 0.112. The van der Waals surface area contributed by atoms with E-state index in [0.717, 1.165) is 22.9 Å². The summed E-state index contributed by atoms with van der Waals surface area (Å²) in [6, 6.07) is 15.2. The number of carbonyl (C=O) groups excluding carboxylic acids is 1. The monoisotopic (exact) mass is 329 g/mol. The van der Waals surface area contributed by atoms with E-state index in [4.69, 9.17) is 21.1 Å². The van der Waals surface area contributed by atoms with E-state index in [2.05, 4.69) is 0 Å². The zero-order valence-electron chi connectivity index (χ0n) is 12.7. The zero-order chi connectivity index (χ0) is 16.2. The van der Waals surface area contributed by atoms with Crippen LogP contribution in [0.25, 0.3) is 16.6 Å². The Labute approximate surface area is 139 Å². The number of benzene rings is 2. The summed E-state index contributed by atoms with van der Waals surface area (Å²) in [7, 11) is 1.63. The summed E-state index contributed by atoms with van der Waals surface area (Å²) in [6.45, 7) is 0.930. The topological polar surface area (TPSA) is 40.5 Å². The fourth-order valence-electron chi connectivity index (χ4n) is 2.58. The van der Waals surface area contributed by atoms with Crippen molar-refractivity contribution in [2.24, 2.45) is 0 Å². The van der Waals surface area contributed by atoms with Gasteiger partial charge in [0.15, 0.2) is 6.29 Å². The van der Waals surface area contributed by atoms with E-state index in [1.54, 1.807) is 7.11 Å². The highest BCUT2D eigenvalue weighted by Crippen LogP contribution is 2.35. The normalized spacial score (nSPS) is 10.9. The first-order chi connectivity index (χ1) is 11.3. The van der Waals surface area contributed by atoms with E-state index in [9.17, 15) is 4.79 Å². The summed E-state index contributed by atoms with van der Waals surface area (Å²) in [5.41, 5.74) is 2.13. The number of para-hydroxylation sites is 3. The Morgan fingerprint density at radius 3 is 2.61 bits per heavy atom. The highest BCUT2D eigenvalue weighted by atomic mass is 35.5. The standard InChI is InChI=1S/C18H16ClNO3/c1-22-10-11-23-17-9-5-4-8-16(17)20-15-7-3-2-6-13(15)14(12-21)18(20)19/h2-9,12H,10-11H2,1H3. The van der Waals surface area contributed by atoms with Crippen molar-refractivity contribution in [1.82, 2.24) is 4.57 Å². The van der Waals surface area contributed by atoms with E-state index in [-0.39, 0.29) is 0 Å². The maximum Gasteiger partial charge on any atom is 0.153 e. The molecule has 0 unspecified atom stereocenters. The summed E-state index contributed by atoms with van der Waals surface area (Å²) in [5.74, 6) is 0.685. The smallest absolute Gasteiger partial charge is 0.153 e. The fraction of sp³-hybridized carbons (Fsp3) is 0.167. The van der Waals surface area contributed by atoms with Crippen LogP contribution in [0.1, 0.15) is 10.4 Å². The molecule has 3 rings (SSSR count). The molecule has 0 amide bonds. The Morgan fingerprint density at radius 2 is 1.83 bits per heavy atom. The van der Waals surface area contributed by atoms with Crippen LogP contribution in [0, 0.1) is 0 Å². The predicted molar refractivity (Wildman–Crippen MR) is 91.0 cm³/mol. The van der Waals surface area contributed by atoms with Gasteiger partial charge in [-0.2, -0.15) is 0 Å². The van der Waals surface area contributed by atoms with Gasteiger partial charge in [0.05, 0.1) is 23.4 Å². The van der Waals surface area contributed by atoms with Crippen molar-refractivity contribution < 1.29 is 14.3 Å². The van der Waals surface area contributed by atoms with Crippen LogP contribution >= 0.6 is 11.6 Å². The van der Waals surface area contributed by atoms with Crippen LogP contribution in [-0.4, -0.2) is 31.2 Å². The average molecular weight is 330 g/mol. The summed E-state index contributed by atoms with van der Waals surface area (Å²) in [6.07, 6.45) is 0.787. The summed E-state index contributed by atoms with van der Waals surface area (Å²) >= 11 is 6.47. The van der Waals surface area contributed by atoms with Crippen LogP contribution in [0.4, 0.5) is 0 Å². The maximum absolute atomic E-state index is 11.4. The number of carbonyl (C=O) groups is 1. The molecule has 0 aliphatic heterocycles. The number of hydrogen-bond donors (Lipinski definition) is 0. The van der Waals surface area contributed by atoms with Gasteiger partial charge in [0.1, 0.15) is 17.5 Å². The van der Waals surface area contributed by atoms with Crippen LogP contribution in [0.15, 0.2) is 48.5 Å². The third-order valence-electron chi connectivity index (χ3n) is 3.62. The van der Waals surface area contributed by atoms with Gasteiger partial charge in [-0.15, -0.1) is 0 Å². The lowest BCUT2D eigenvalue weighted by atomic mass is 10.2. The number of aldehydes is 1. The Morgan fingerprint density at radius 1 is 1.09 bits per heavy atom. The number of aromatic nitrogens is 1. The van der Waals surface area contributed by atoms with Gasteiger partial charge in [-0.25, -0.2) is 0 Å². The van der Waals surface area contributed by atoms with E-state index >= 15 is 0 Å². The number of methoxy groups -OCH3 is 1. The van der Waals surface area contributed by atoms with E-state index in [0.29, 0.717) is 29.7 Å². The van der Waals surface area contributed by atoms with Gasteiger partial charge in [0.25, 0.3) is 0 Å². The molecule has 0 aliphatic carbocycles. The third kappa shape index (κ3) is 2.83. The fourth-order valence-corrected chi connectivity index (χ4v) is 2.91. The van der Waals surface area contributed by atoms with Crippen molar-refractivity contribution in [3.8, 4) is 11.4 Å². The van der Waals surface area contributed by atoms with Gasteiger partial charge in [0.2, 0.25) is 0 Å². The molecular formula is C18H16ClNO3. The average Bonchev–Trinajstić information content (AvgIpc) is 2.87. The first-order valence-corrected chi connectivity index (χ1v) is 7.61. The van der Waals surface area contributed by atoms with Crippen LogP contribution in [0.3, 0.4) is 0 Å². The highest BCUT2D eigenvalue weighted by Gasteiger charge is 2.18. The molecule has 0 aliphatic rings. The number of ether oxygens (including phenoxy) is 2. The molecule has 0 spiro atoms. The quantitative estimate of drug-likeness (QED) is 0.504. The largest absolute Gasteiger partial charge is 0.489 e. The SMILES string of the molecule is COCCOc1ccccc1-n1c(Cl)c(C=O)c2ccccc21. The molecule has 2 aromatic carbocycles. The van der Waals surface area contributed by atoms with Gasteiger partial charge in [0, 0.05) is 12.5 Å². The van der Waals surface area contributed by atoms with Crippen molar-refractivity contribution >= 4 is 28.8 Å². The minimum absolute atomic E-state index is 0.379. The Bertz CT molecular complexity index is 841. The van der Waals surface area contributed by atoms with Crippen LogP contribution < -0.4 is 4.74 Å². The Kier molecular flexibility index (Phi) is 4.65. The number of halogens is 1. The molecule has 0 saturated heterocycles. The number of hydrogen-bond acceptors (Lipinski definition) is 3. The first-order valence-electron chi connectivity index (χ1n) is 7.23. The van der Waals surface area contributed by atoms with Crippen molar-refractivity contribution in [1.29, 1.82) is 0 Å². The van der Waals surface area contributed by atoms with Gasteiger partial charge in [-0.3, -0.25) is 9.36 Å². The molecule has 4 nitrogen and oxygen atoms in total. The van der Waals surface area contributed by atoms with Gasteiger partial charge >= 0.3 is 0 Å². The first kappa shape index (κ1) is 15.6. The zero-order valence-corrected chi connectivity index (χ0v) is 13.4. The summed E-state index contributed by atoms with van der Waals surface area (Å²) < 4.78 is 12.6. The molecule has 23 heavy (non-hydrogen) atoms. The second-order valence-electron chi connectivity index (χ2n) is 4.98. The Hall–Kier alpha value is -2.30. The molecule has 1 aromatic heterocycles. The third-order valence-corrected chi connectivity index (χ3v) is 4.00. The molecule has 0 saturated carbocycles. The molecule has 5 heteroatoms. The molecular weight excluding hydrogens is 314 g/mol. The lowest BCUT2D eigenvalue weighted by Gasteiger charge is -2.14.